The van der Waals surface area contributed by atoms with Gasteiger partial charge >= 0.3 is 11.9 Å². The number of ether oxygens (including phenoxy) is 2. The summed E-state index contributed by atoms with van der Waals surface area (Å²) in [6, 6.07) is 17.7. The highest BCUT2D eigenvalue weighted by molar-refractivity contribution is 5.95. The molecule has 4 nitrogen and oxygen atoms in total. The van der Waals surface area contributed by atoms with Crippen molar-refractivity contribution in [2.75, 3.05) is 0 Å². The predicted octanol–water partition coefficient (Wildman–Crippen LogP) is 4.01. The summed E-state index contributed by atoms with van der Waals surface area (Å²) in [5.74, 6) is -0.00205. The average molecular weight is 332 g/mol. The fourth-order valence-electron chi connectivity index (χ4n) is 2.30. The second-order valence-electron chi connectivity index (χ2n) is 5.36. The lowest BCUT2D eigenvalue weighted by atomic mass is 10.0. The van der Waals surface area contributed by atoms with Gasteiger partial charge in [-0.15, -0.1) is 0 Å². The first-order valence-corrected chi connectivity index (χ1v) is 7.83. The Balaban J connectivity index is 1.68. The van der Waals surface area contributed by atoms with E-state index in [0.29, 0.717) is 29.1 Å². The van der Waals surface area contributed by atoms with E-state index in [4.69, 9.17) is 9.47 Å². The Labute approximate surface area is 145 Å². The van der Waals surface area contributed by atoms with Gasteiger partial charge in [0.2, 0.25) is 0 Å². The first kappa shape index (κ1) is 16.5. The third-order valence-corrected chi connectivity index (χ3v) is 3.45. The molecule has 0 saturated heterocycles. The Kier molecular flexibility index (Phi) is 5.22. The molecule has 0 N–H and O–H groups in total. The molecule has 1 aliphatic rings. The minimum atomic E-state index is -0.483. The van der Waals surface area contributed by atoms with Crippen LogP contribution in [-0.4, -0.2) is 11.9 Å². The molecule has 0 radical (unpaired) electrons. The van der Waals surface area contributed by atoms with Crippen molar-refractivity contribution >= 4 is 11.9 Å². The molecule has 0 saturated carbocycles. The third kappa shape index (κ3) is 4.78. The molecule has 4 heteroatoms. The van der Waals surface area contributed by atoms with Crippen LogP contribution in [0.2, 0.25) is 0 Å². The van der Waals surface area contributed by atoms with Crippen LogP contribution in [0.15, 0.2) is 96.1 Å². The minimum absolute atomic E-state index is 0.383. The molecular weight excluding hydrogens is 316 g/mol. The van der Waals surface area contributed by atoms with Crippen LogP contribution in [0.25, 0.3) is 0 Å². The van der Waals surface area contributed by atoms with Crippen molar-refractivity contribution in [3.8, 4) is 11.5 Å². The fourth-order valence-corrected chi connectivity index (χ4v) is 2.30. The second-order valence-corrected chi connectivity index (χ2v) is 5.36. The highest BCUT2D eigenvalue weighted by Crippen LogP contribution is 2.19. The van der Waals surface area contributed by atoms with E-state index in [1.54, 1.807) is 60.7 Å². The highest BCUT2D eigenvalue weighted by atomic mass is 16.5. The third-order valence-electron chi connectivity index (χ3n) is 3.45. The number of carbonyl (C=O) groups excluding carboxylic acids is 2. The Hall–Kier alpha value is -3.40. The molecule has 1 aliphatic carbocycles. The summed E-state index contributed by atoms with van der Waals surface area (Å²) >= 11 is 0. The molecule has 0 fully saturated rings. The van der Waals surface area contributed by atoms with Gasteiger partial charge in [0.1, 0.15) is 11.5 Å². The Morgan fingerprint density at radius 1 is 0.840 bits per heavy atom. The highest BCUT2D eigenvalue weighted by Gasteiger charge is 2.14. The maximum Gasteiger partial charge on any atom is 0.343 e. The number of para-hydroxylation sites is 2. The number of rotatable bonds is 4. The van der Waals surface area contributed by atoms with Gasteiger partial charge < -0.3 is 9.47 Å². The Morgan fingerprint density at radius 2 is 1.44 bits per heavy atom. The molecule has 0 bridgehead atoms. The van der Waals surface area contributed by atoms with Crippen LogP contribution in [0.5, 0.6) is 11.5 Å². The first-order valence-electron chi connectivity index (χ1n) is 7.83. The standard InChI is InChI=1S/C21H16O4/c22-20(24-18-10-3-1-4-11-18)15-16-8-7-9-17(14-16)21(23)25-19-12-5-2-6-13-19/h1-7,9-15H,8H2/b16-15-. The summed E-state index contributed by atoms with van der Waals surface area (Å²) in [5, 5.41) is 0. The first-order chi connectivity index (χ1) is 12.2. The summed E-state index contributed by atoms with van der Waals surface area (Å²) in [7, 11) is 0. The quantitative estimate of drug-likeness (QED) is 0.482. The number of carbonyl (C=O) groups is 2. The van der Waals surface area contributed by atoms with E-state index in [1.165, 1.54) is 6.08 Å². The van der Waals surface area contributed by atoms with Gasteiger partial charge in [0.25, 0.3) is 0 Å². The molecule has 2 aromatic rings. The topological polar surface area (TPSA) is 52.6 Å². The zero-order chi connectivity index (χ0) is 17.5. The van der Waals surface area contributed by atoms with Gasteiger partial charge in [-0.2, -0.15) is 0 Å². The van der Waals surface area contributed by atoms with Crippen LogP contribution in [0.1, 0.15) is 6.42 Å². The summed E-state index contributed by atoms with van der Waals surface area (Å²) in [6.07, 6.45) is 7.06. The molecule has 0 atom stereocenters. The molecule has 25 heavy (non-hydrogen) atoms. The number of hydrogen-bond acceptors (Lipinski definition) is 4. The smallest absolute Gasteiger partial charge is 0.343 e. The van der Waals surface area contributed by atoms with Gasteiger partial charge in [0.15, 0.2) is 0 Å². The second kappa shape index (κ2) is 7.93. The minimum Gasteiger partial charge on any atom is -0.423 e. The predicted molar refractivity (Wildman–Crippen MR) is 94.1 cm³/mol. The van der Waals surface area contributed by atoms with Crippen molar-refractivity contribution in [3.05, 3.63) is 96.1 Å². The van der Waals surface area contributed by atoms with Gasteiger partial charge in [0, 0.05) is 6.08 Å². The normalized spacial score (nSPS) is 14.7. The molecule has 3 rings (SSSR count). The van der Waals surface area contributed by atoms with E-state index in [0.717, 1.165) is 0 Å². The molecule has 2 aromatic carbocycles. The lowest BCUT2D eigenvalue weighted by molar-refractivity contribution is -0.130. The summed E-state index contributed by atoms with van der Waals surface area (Å²) in [4.78, 5) is 24.2. The zero-order valence-corrected chi connectivity index (χ0v) is 13.4. The molecule has 0 aromatic heterocycles. The van der Waals surface area contributed by atoms with Crippen LogP contribution in [0, 0.1) is 0 Å². The summed E-state index contributed by atoms with van der Waals surface area (Å²) in [5.41, 5.74) is 1.07. The van der Waals surface area contributed by atoms with Crippen LogP contribution in [0.4, 0.5) is 0 Å². The van der Waals surface area contributed by atoms with Crippen molar-refractivity contribution in [1.82, 2.24) is 0 Å². The van der Waals surface area contributed by atoms with Crippen LogP contribution in [-0.2, 0) is 9.59 Å². The van der Waals surface area contributed by atoms with Gasteiger partial charge in [-0.25, -0.2) is 9.59 Å². The molecule has 0 aliphatic heterocycles. The van der Waals surface area contributed by atoms with Gasteiger partial charge in [0.05, 0.1) is 5.57 Å². The van der Waals surface area contributed by atoms with Crippen molar-refractivity contribution < 1.29 is 19.1 Å². The van der Waals surface area contributed by atoms with Gasteiger partial charge in [-0.1, -0.05) is 48.6 Å². The lowest BCUT2D eigenvalue weighted by Crippen LogP contribution is -2.12. The number of hydrogen-bond donors (Lipinski definition) is 0. The maximum absolute atomic E-state index is 12.2. The van der Waals surface area contributed by atoms with Crippen LogP contribution in [0.3, 0.4) is 0 Å². The molecule has 0 unspecified atom stereocenters. The van der Waals surface area contributed by atoms with E-state index in [9.17, 15) is 9.59 Å². The molecule has 0 amide bonds. The van der Waals surface area contributed by atoms with Gasteiger partial charge in [-0.05, 0) is 42.3 Å². The molecule has 0 heterocycles. The Bertz CT molecular complexity index is 846. The summed E-state index contributed by atoms with van der Waals surface area (Å²) in [6.45, 7) is 0. The van der Waals surface area contributed by atoms with Crippen molar-refractivity contribution in [2.45, 2.75) is 6.42 Å². The van der Waals surface area contributed by atoms with E-state index in [2.05, 4.69) is 0 Å². The van der Waals surface area contributed by atoms with Gasteiger partial charge in [-0.3, -0.25) is 0 Å². The number of benzene rings is 2. The molecule has 124 valence electrons. The van der Waals surface area contributed by atoms with Crippen molar-refractivity contribution in [2.24, 2.45) is 0 Å². The van der Waals surface area contributed by atoms with E-state index >= 15 is 0 Å². The zero-order valence-electron chi connectivity index (χ0n) is 13.4. The van der Waals surface area contributed by atoms with Crippen LogP contribution < -0.4 is 9.47 Å². The summed E-state index contributed by atoms with van der Waals surface area (Å²) < 4.78 is 10.5. The fraction of sp³-hybridized carbons (Fsp3) is 0.0476. The molecule has 0 spiro atoms. The average Bonchev–Trinajstić information content (AvgIpc) is 2.63. The maximum atomic E-state index is 12.2. The van der Waals surface area contributed by atoms with E-state index < -0.39 is 11.9 Å². The van der Waals surface area contributed by atoms with Crippen molar-refractivity contribution in [3.63, 3.8) is 0 Å². The monoisotopic (exact) mass is 332 g/mol. The Morgan fingerprint density at radius 3 is 2.08 bits per heavy atom. The largest absolute Gasteiger partial charge is 0.423 e. The number of esters is 2. The van der Waals surface area contributed by atoms with E-state index in [-0.39, 0.29) is 0 Å². The molecular formula is C21H16O4. The van der Waals surface area contributed by atoms with E-state index in [1.807, 2.05) is 18.2 Å². The number of allylic oxidation sites excluding steroid dienone is 3. The van der Waals surface area contributed by atoms with Crippen molar-refractivity contribution in [1.29, 1.82) is 0 Å². The SMILES string of the molecule is O=C(/C=C1\C=C(C(=O)Oc2ccccc2)C=CC1)Oc1ccccc1. The lowest BCUT2D eigenvalue weighted by Gasteiger charge is -2.09. The van der Waals surface area contributed by atoms with Crippen LogP contribution >= 0.6 is 0 Å².